The maximum Gasteiger partial charge on any atom is 0.389 e. The molecule has 0 saturated carbocycles. The molecule has 0 bridgehead atoms. The van der Waals surface area contributed by atoms with Gasteiger partial charge in [-0.3, -0.25) is 0 Å². The van der Waals surface area contributed by atoms with Crippen LogP contribution in [0.15, 0.2) is 60.0 Å². The molecule has 0 N–H and O–H groups in total. The fraction of sp³-hybridized carbons (Fsp3) is 0.417. The van der Waals surface area contributed by atoms with Crippen LogP contribution in [-0.4, -0.2) is 36.7 Å². The van der Waals surface area contributed by atoms with E-state index in [1.165, 1.54) is 16.0 Å². The van der Waals surface area contributed by atoms with E-state index in [1.807, 2.05) is 36.2 Å². The van der Waals surface area contributed by atoms with Crippen molar-refractivity contribution in [2.45, 2.75) is 36.8 Å². The van der Waals surface area contributed by atoms with Crippen molar-refractivity contribution in [2.75, 3.05) is 31.1 Å². The molecular weight excluding hydrogens is 405 g/mol. The third-order valence-corrected chi connectivity index (χ3v) is 7.18. The van der Waals surface area contributed by atoms with Gasteiger partial charge < -0.3 is 4.90 Å². The van der Waals surface area contributed by atoms with E-state index in [4.69, 9.17) is 0 Å². The number of piperazine rings is 1. The van der Waals surface area contributed by atoms with Gasteiger partial charge >= 0.3 is 6.18 Å². The van der Waals surface area contributed by atoms with Gasteiger partial charge in [0.1, 0.15) is 0 Å². The number of benzene rings is 2. The minimum Gasteiger partial charge on any atom is -0.369 e. The first-order chi connectivity index (χ1) is 14.4. The number of fused-ring (bicyclic) bond motifs is 1. The largest absolute Gasteiger partial charge is 0.389 e. The molecule has 2 nitrogen and oxygen atoms in total. The van der Waals surface area contributed by atoms with E-state index >= 15 is 0 Å². The van der Waals surface area contributed by atoms with Gasteiger partial charge in [-0.1, -0.05) is 30.3 Å². The minimum absolute atomic E-state index is 0.0440. The van der Waals surface area contributed by atoms with Crippen molar-refractivity contribution in [3.05, 3.63) is 71.8 Å². The second kappa shape index (κ2) is 9.06. The van der Waals surface area contributed by atoms with Crippen LogP contribution in [-0.2, 0) is 19.3 Å². The van der Waals surface area contributed by atoms with Crippen LogP contribution in [0.5, 0.6) is 0 Å². The summed E-state index contributed by atoms with van der Waals surface area (Å²) in [4.78, 5) is 3.67. The molecule has 6 heteroatoms. The van der Waals surface area contributed by atoms with Crippen LogP contribution in [0.1, 0.15) is 23.1 Å². The molecule has 0 aromatic heterocycles. The second-order valence-electron chi connectivity index (χ2n) is 8.09. The molecule has 4 rings (SSSR count). The summed E-state index contributed by atoms with van der Waals surface area (Å²) in [6, 6.07) is 14.2. The lowest BCUT2D eigenvalue weighted by Gasteiger charge is -2.35. The van der Waals surface area contributed by atoms with Gasteiger partial charge in [-0.25, -0.2) is 4.31 Å². The summed E-state index contributed by atoms with van der Waals surface area (Å²) in [5.74, 6) is 0.553. The molecular formula is C24H27F3N2S. The zero-order chi connectivity index (χ0) is 21.1. The highest BCUT2D eigenvalue weighted by Gasteiger charge is 2.27. The molecule has 2 aromatic carbocycles. The maximum atomic E-state index is 12.4. The molecule has 1 aliphatic carbocycles. The van der Waals surface area contributed by atoms with Crippen LogP contribution in [0.4, 0.5) is 18.9 Å². The SMILES string of the molecule is C=CC1Cc2cccc(SN3CCN(c4ccc(CCC(F)(F)F)cc4)CC3)c2C1. The van der Waals surface area contributed by atoms with E-state index in [0.717, 1.165) is 50.3 Å². The Morgan fingerprint density at radius 2 is 1.73 bits per heavy atom. The first-order valence-electron chi connectivity index (χ1n) is 10.5. The van der Waals surface area contributed by atoms with Crippen LogP contribution in [0.25, 0.3) is 0 Å². The normalized spacial score (nSPS) is 19.7. The highest BCUT2D eigenvalue weighted by atomic mass is 32.2. The molecule has 1 saturated heterocycles. The Morgan fingerprint density at radius 3 is 2.40 bits per heavy atom. The molecule has 0 spiro atoms. The first-order valence-corrected chi connectivity index (χ1v) is 11.3. The summed E-state index contributed by atoms with van der Waals surface area (Å²) in [6.07, 6.45) is -0.566. The average molecular weight is 433 g/mol. The van der Waals surface area contributed by atoms with Crippen molar-refractivity contribution in [1.29, 1.82) is 0 Å². The van der Waals surface area contributed by atoms with Crippen LogP contribution in [0, 0.1) is 5.92 Å². The van der Waals surface area contributed by atoms with E-state index < -0.39 is 12.6 Å². The maximum absolute atomic E-state index is 12.4. The van der Waals surface area contributed by atoms with Crippen molar-refractivity contribution in [3.63, 3.8) is 0 Å². The highest BCUT2D eigenvalue weighted by molar-refractivity contribution is 7.97. The van der Waals surface area contributed by atoms with Gasteiger partial charge in [-0.05, 0) is 72.0 Å². The Hall–Kier alpha value is -1.92. The smallest absolute Gasteiger partial charge is 0.369 e. The molecule has 2 aromatic rings. The van der Waals surface area contributed by atoms with Crippen molar-refractivity contribution in [1.82, 2.24) is 4.31 Å². The zero-order valence-electron chi connectivity index (χ0n) is 17.0. The molecule has 30 heavy (non-hydrogen) atoms. The minimum atomic E-state index is -4.10. The van der Waals surface area contributed by atoms with E-state index in [1.54, 1.807) is 0 Å². The number of halogens is 3. The summed E-state index contributed by atoms with van der Waals surface area (Å²) < 4.78 is 39.6. The van der Waals surface area contributed by atoms with Gasteiger partial charge in [0, 0.05) is 43.2 Å². The van der Waals surface area contributed by atoms with Crippen LogP contribution >= 0.6 is 11.9 Å². The fourth-order valence-corrected chi connectivity index (χ4v) is 5.33. The number of rotatable bonds is 6. The lowest BCUT2D eigenvalue weighted by atomic mass is 10.1. The van der Waals surface area contributed by atoms with E-state index in [-0.39, 0.29) is 6.42 Å². The summed E-state index contributed by atoms with van der Waals surface area (Å²) in [7, 11) is 0. The van der Waals surface area contributed by atoms with Gasteiger partial charge in [0.2, 0.25) is 0 Å². The van der Waals surface area contributed by atoms with E-state index in [2.05, 4.69) is 40.1 Å². The third kappa shape index (κ3) is 5.22. The molecule has 2 aliphatic rings. The standard InChI is InChI=1S/C24H27F3N2S/c1-2-18-16-20-4-3-5-23(22(20)17-18)30-29-14-12-28(13-15-29)21-8-6-19(7-9-21)10-11-24(25,26)27/h2-9,18H,1,10-17H2. The number of allylic oxidation sites excluding steroid dienone is 1. The van der Waals surface area contributed by atoms with Gasteiger partial charge in [0.05, 0.1) is 0 Å². The van der Waals surface area contributed by atoms with Gasteiger partial charge in [-0.15, -0.1) is 6.58 Å². The number of anilines is 1. The summed E-state index contributed by atoms with van der Waals surface area (Å²) in [5, 5.41) is 0. The Bertz CT molecular complexity index is 871. The monoisotopic (exact) mass is 432 g/mol. The van der Waals surface area contributed by atoms with Gasteiger partial charge in [-0.2, -0.15) is 13.2 Å². The predicted molar refractivity (Wildman–Crippen MR) is 118 cm³/mol. The molecule has 1 heterocycles. The number of alkyl halides is 3. The zero-order valence-corrected chi connectivity index (χ0v) is 17.8. The third-order valence-electron chi connectivity index (χ3n) is 5.98. The lowest BCUT2D eigenvalue weighted by Crippen LogP contribution is -2.43. The average Bonchev–Trinajstić information content (AvgIpc) is 3.17. The molecule has 1 atom stereocenters. The van der Waals surface area contributed by atoms with Crippen molar-refractivity contribution >= 4 is 17.6 Å². The van der Waals surface area contributed by atoms with Crippen molar-refractivity contribution in [2.24, 2.45) is 5.92 Å². The molecule has 0 amide bonds. The van der Waals surface area contributed by atoms with Crippen LogP contribution in [0.3, 0.4) is 0 Å². The number of nitrogens with zero attached hydrogens (tertiary/aromatic N) is 2. The summed E-state index contributed by atoms with van der Waals surface area (Å²) in [5.41, 5.74) is 4.75. The summed E-state index contributed by atoms with van der Waals surface area (Å²) >= 11 is 1.86. The number of aryl methyl sites for hydroxylation is 1. The predicted octanol–water partition coefficient (Wildman–Crippen LogP) is 5.91. The van der Waals surface area contributed by atoms with Crippen LogP contribution < -0.4 is 4.90 Å². The lowest BCUT2D eigenvalue weighted by molar-refractivity contribution is -0.133. The van der Waals surface area contributed by atoms with E-state index in [0.29, 0.717) is 5.92 Å². The fourth-order valence-electron chi connectivity index (χ4n) is 4.24. The molecule has 1 aliphatic heterocycles. The van der Waals surface area contributed by atoms with Crippen molar-refractivity contribution in [3.8, 4) is 0 Å². The van der Waals surface area contributed by atoms with Crippen molar-refractivity contribution < 1.29 is 13.2 Å². The first kappa shape index (κ1) is 21.3. The quantitative estimate of drug-likeness (QED) is 0.414. The Morgan fingerprint density at radius 1 is 1.00 bits per heavy atom. The Balaban J connectivity index is 1.31. The summed E-state index contributed by atoms with van der Waals surface area (Å²) in [6.45, 7) is 7.70. The van der Waals surface area contributed by atoms with Gasteiger partial charge in [0.15, 0.2) is 0 Å². The number of hydrogen-bond donors (Lipinski definition) is 0. The Labute approximate surface area is 180 Å². The second-order valence-corrected chi connectivity index (χ2v) is 9.23. The molecule has 1 fully saturated rings. The molecule has 0 radical (unpaired) electrons. The van der Waals surface area contributed by atoms with E-state index in [9.17, 15) is 13.2 Å². The topological polar surface area (TPSA) is 6.48 Å². The number of hydrogen-bond acceptors (Lipinski definition) is 3. The van der Waals surface area contributed by atoms with Gasteiger partial charge in [0.25, 0.3) is 0 Å². The van der Waals surface area contributed by atoms with Crippen LogP contribution in [0.2, 0.25) is 0 Å². The molecule has 1 unspecified atom stereocenters. The highest BCUT2D eigenvalue weighted by Crippen LogP contribution is 2.36. The molecule has 160 valence electrons. The Kier molecular flexibility index (Phi) is 6.44.